The van der Waals surface area contributed by atoms with Crippen molar-refractivity contribution in [3.63, 3.8) is 0 Å². The molecule has 0 aromatic carbocycles. The summed E-state index contributed by atoms with van der Waals surface area (Å²) < 4.78 is 0. The molecular weight excluding hydrogens is 218 g/mol. The molecule has 1 rings (SSSR count). The van der Waals surface area contributed by atoms with Gasteiger partial charge in [0.1, 0.15) is 0 Å². The van der Waals surface area contributed by atoms with E-state index in [1.54, 1.807) is 0 Å². The van der Waals surface area contributed by atoms with Crippen LogP contribution in [0.15, 0.2) is 0 Å². The van der Waals surface area contributed by atoms with Gasteiger partial charge in [0, 0.05) is 45.6 Å². The van der Waals surface area contributed by atoms with E-state index >= 15 is 0 Å². The molecule has 0 saturated carbocycles. The van der Waals surface area contributed by atoms with Crippen molar-refractivity contribution < 1.29 is 9.59 Å². The van der Waals surface area contributed by atoms with Gasteiger partial charge < -0.3 is 15.5 Å². The van der Waals surface area contributed by atoms with Crippen LogP contribution in [-0.2, 0) is 9.59 Å². The first-order chi connectivity index (χ1) is 8.24. The fraction of sp³-hybridized carbons (Fsp3) is 0.833. The minimum atomic E-state index is 0.0853. The van der Waals surface area contributed by atoms with E-state index in [0.717, 1.165) is 39.0 Å². The fourth-order valence-corrected chi connectivity index (χ4v) is 1.86. The highest BCUT2D eigenvalue weighted by atomic mass is 16.2. The number of carbonyl (C=O) groups excluding carboxylic acids is 2. The van der Waals surface area contributed by atoms with Crippen molar-refractivity contribution in [1.82, 2.24) is 15.5 Å². The molecule has 98 valence electrons. The lowest BCUT2D eigenvalue weighted by Crippen LogP contribution is -2.46. The van der Waals surface area contributed by atoms with Crippen LogP contribution in [-0.4, -0.2) is 49.4 Å². The van der Waals surface area contributed by atoms with Gasteiger partial charge in [-0.3, -0.25) is 9.59 Å². The normalized spacial score (nSPS) is 15.7. The van der Waals surface area contributed by atoms with Crippen molar-refractivity contribution in [2.24, 2.45) is 0 Å². The lowest BCUT2D eigenvalue weighted by Gasteiger charge is -2.27. The number of hydrogen-bond donors (Lipinski definition) is 2. The summed E-state index contributed by atoms with van der Waals surface area (Å²) in [5.41, 5.74) is 0. The standard InChI is InChI=1S/C12H23N3O2/c1-2-4-11(16)14-6-3-5-12(17)15-9-7-13-8-10-15/h13H,2-10H2,1H3,(H,14,16). The van der Waals surface area contributed by atoms with E-state index in [0.29, 0.717) is 19.4 Å². The second kappa shape index (κ2) is 8.06. The average Bonchev–Trinajstić information content (AvgIpc) is 2.36. The van der Waals surface area contributed by atoms with Gasteiger partial charge in [0.25, 0.3) is 0 Å². The summed E-state index contributed by atoms with van der Waals surface area (Å²) in [4.78, 5) is 24.8. The maximum absolute atomic E-state index is 11.8. The smallest absolute Gasteiger partial charge is 0.222 e. The van der Waals surface area contributed by atoms with E-state index in [-0.39, 0.29) is 11.8 Å². The molecule has 2 amide bonds. The van der Waals surface area contributed by atoms with Gasteiger partial charge in [-0.05, 0) is 12.8 Å². The molecule has 17 heavy (non-hydrogen) atoms. The van der Waals surface area contributed by atoms with Crippen LogP contribution in [0.25, 0.3) is 0 Å². The monoisotopic (exact) mass is 241 g/mol. The van der Waals surface area contributed by atoms with Crippen molar-refractivity contribution in [3.8, 4) is 0 Å². The highest BCUT2D eigenvalue weighted by molar-refractivity contribution is 5.77. The summed E-state index contributed by atoms with van der Waals surface area (Å²) in [5, 5.41) is 6.03. The number of carbonyl (C=O) groups is 2. The number of amides is 2. The van der Waals surface area contributed by atoms with Crippen LogP contribution < -0.4 is 10.6 Å². The second-order valence-corrected chi connectivity index (χ2v) is 4.33. The van der Waals surface area contributed by atoms with Gasteiger partial charge in [-0.15, -0.1) is 0 Å². The molecule has 0 aromatic rings. The van der Waals surface area contributed by atoms with Crippen LogP contribution in [0.3, 0.4) is 0 Å². The topological polar surface area (TPSA) is 61.4 Å². The molecule has 1 aliphatic heterocycles. The Morgan fingerprint density at radius 3 is 2.59 bits per heavy atom. The predicted octanol–water partition coefficient (Wildman–Crippen LogP) is 0.115. The van der Waals surface area contributed by atoms with Crippen LogP contribution in [0.2, 0.25) is 0 Å². The zero-order valence-electron chi connectivity index (χ0n) is 10.6. The first-order valence-corrected chi connectivity index (χ1v) is 6.49. The number of hydrogen-bond acceptors (Lipinski definition) is 3. The van der Waals surface area contributed by atoms with Crippen LogP contribution in [0, 0.1) is 0 Å². The van der Waals surface area contributed by atoms with E-state index in [1.807, 2.05) is 11.8 Å². The van der Waals surface area contributed by atoms with Gasteiger partial charge >= 0.3 is 0 Å². The third kappa shape index (κ3) is 5.68. The molecule has 0 bridgehead atoms. The Balaban J connectivity index is 2.05. The van der Waals surface area contributed by atoms with Gasteiger partial charge in [0.05, 0.1) is 0 Å². The first kappa shape index (κ1) is 14.0. The van der Waals surface area contributed by atoms with Crippen LogP contribution in [0.4, 0.5) is 0 Å². The molecule has 0 radical (unpaired) electrons. The third-order valence-electron chi connectivity index (χ3n) is 2.84. The number of nitrogens with zero attached hydrogens (tertiary/aromatic N) is 1. The Morgan fingerprint density at radius 2 is 1.94 bits per heavy atom. The summed E-state index contributed by atoms with van der Waals surface area (Å²) in [6.45, 7) is 5.98. The fourth-order valence-electron chi connectivity index (χ4n) is 1.86. The molecule has 2 N–H and O–H groups in total. The molecular formula is C12H23N3O2. The maximum atomic E-state index is 11.8. The van der Waals surface area contributed by atoms with Crippen molar-refractivity contribution >= 4 is 11.8 Å². The predicted molar refractivity (Wildman–Crippen MR) is 66.6 cm³/mol. The molecule has 1 saturated heterocycles. The molecule has 1 heterocycles. The van der Waals surface area contributed by atoms with Crippen LogP contribution in [0.5, 0.6) is 0 Å². The maximum Gasteiger partial charge on any atom is 0.222 e. The lowest BCUT2D eigenvalue weighted by atomic mass is 10.2. The quantitative estimate of drug-likeness (QED) is 0.649. The van der Waals surface area contributed by atoms with E-state index in [9.17, 15) is 9.59 Å². The van der Waals surface area contributed by atoms with Crippen molar-refractivity contribution in [2.75, 3.05) is 32.7 Å². The van der Waals surface area contributed by atoms with E-state index in [1.165, 1.54) is 0 Å². The summed E-state index contributed by atoms with van der Waals surface area (Å²) in [6, 6.07) is 0. The van der Waals surface area contributed by atoms with E-state index in [4.69, 9.17) is 0 Å². The minimum absolute atomic E-state index is 0.0853. The Hall–Kier alpha value is -1.10. The van der Waals surface area contributed by atoms with Gasteiger partial charge in [-0.2, -0.15) is 0 Å². The molecule has 0 unspecified atom stereocenters. The largest absolute Gasteiger partial charge is 0.356 e. The molecule has 0 aliphatic carbocycles. The van der Waals surface area contributed by atoms with Gasteiger partial charge in [0.15, 0.2) is 0 Å². The van der Waals surface area contributed by atoms with Crippen molar-refractivity contribution in [3.05, 3.63) is 0 Å². The third-order valence-corrected chi connectivity index (χ3v) is 2.84. The number of nitrogens with one attached hydrogen (secondary N) is 2. The Kier molecular flexibility index (Phi) is 6.62. The SMILES string of the molecule is CCCC(=O)NCCCC(=O)N1CCNCC1. The highest BCUT2D eigenvalue weighted by Crippen LogP contribution is 1.99. The Bertz CT molecular complexity index is 250. The minimum Gasteiger partial charge on any atom is -0.356 e. The molecule has 0 spiro atoms. The van der Waals surface area contributed by atoms with Gasteiger partial charge in [-0.25, -0.2) is 0 Å². The van der Waals surface area contributed by atoms with Crippen LogP contribution >= 0.6 is 0 Å². The zero-order valence-corrected chi connectivity index (χ0v) is 10.6. The summed E-state index contributed by atoms with van der Waals surface area (Å²) in [7, 11) is 0. The first-order valence-electron chi connectivity index (χ1n) is 6.49. The van der Waals surface area contributed by atoms with Gasteiger partial charge in [0.2, 0.25) is 11.8 Å². The van der Waals surface area contributed by atoms with Crippen molar-refractivity contribution in [2.45, 2.75) is 32.6 Å². The zero-order chi connectivity index (χ0) is 12.5. The average molecular weight is 241 g/mol. The summed E-state index contributed by atoms with van der Waals surface area (Å²) >= 11 is 0. The molecule has 0 aromatic heterocycles. The molecule has 1 fully saturated rings. The number of piperazine rings is 1. The molecule has 1 aliphatic rings. The van der Waals surface area contributed by atoms with Crippen molar-refractivity contribution in [1.29, 1.82) is 0 Å². The van der Waals surface area contributed by atoms with Crippen LogP contribution in [0.1, 0.15) is 32.6 Å². The second-order valence-electron chi connectivity index (χ2n) is 4.33. The molecule has 0 atom stereocenters. The Morgan fingerprint density at radius 1 is 1.24 bits per heavy atom. The molecule has 5 nitrogen and oxygen atoms in total. The molecule has 5 heteroatoms. The summed E-state index contributed by atoms with van der Waals surface area (Å²) in [5.74, 6) is 0.290. The van der Waals surface area contributed by atoms with E-state index in [2.05, 4.69) is 10.6 Å². The van der Waals surface area contributed by atoms with Gasteiger partial charge in [-0.1, -0.05) is 6.92 Å². The lowest BCUT2D eigenvalue weighted by molar-refractivity contribution is -0.132. The summed E-state index contributed by atoms with van der Waals surface area (Å²) in [6.07, 6.45) is 2.71. The Labute approximate surface area is 103 Å². The van der Waals surface area contributed by atoms with E-state index < -0.39 is 0 Å². The highest BCUT2D eigenvalue weighted by Gasteiger charge is 2.15. The number of rotatable bonds is 6.